The number of hydrogen-bond donors (Lipinski definition) is 2. The van der Waals surface area contributed by atoms with Crippen molar-refractivity contribution in [2.24, 2.45) is 5.41 Å². The zero-order valence-electron chi connectivity index (χ0n) is 14.5. The minimum Gasteiger partial charge on any atom is -0.355 e. The molecule has 1 rings (SSSR count). The quantitative estimate of drug-likeness (QED) is 0.562. The first-order chi connectivity index (χ1) is 10.6. The Bertz CT molecular complexity index is 571. The van der Waals surface area contributed by atoms with Crippen molar-refractivity contribution in [2.75, 3.05) is 32.5 Å². The van der Waals surface area contributed by atoms with Crippen LogP contribution in [-0.2, 0) is 9.59 Å². The summed E-state index contributed by atoms with van der Waals surface area (Å²) in [5.41, 5.74) is 0.581. The summed E-state index contributed by atoms with van der Waals surface area (Å²) in [6, 6.07) is 5.55. The molecule has 0 aliphatic heterocycles. The van der Waals surface area contributed by atoms with Crippen LogP contribution in [0.2, 0.25) is 0 Å². The van der Waals surface area contributed by atoms with E-state index in [0.29, 0.717) is 12.2 Å². The van der Waals surface area contributed by atoms with E-state index in [1.54, 1.807) is 19.9 Å². The van der Waals surface area contributed by atoms with Crippen LogP contribution in [0.15, 0.2) is 22.7 Å². The fourth-order valence-electron chi connectivity index (χ4n) is 1.93. The summed E-state index contributed by atoms with van der Waals surface area (Å²) in [6.45, 7) is 6.67. The van der Waals surface area contributed by atoms with Gasteiger partial charge in [0, 0.05) is 16.7 Å². The molecule has 0 aliphatic rings. The van der Waals surface area contributed by atoms with Gasteiger partial charge in [-0.15, -0.1) is 0 Å². The maximum absolute atomic E-state index is 12.4. The smallest absolute Gasteiger partial charge is 0.239 e. The van der Waals surface area contributed by atoms with Gasteiger partial charge in [-0.05, 0) is 71.6 Å². The highest BCUT2D eigenvalue weighted by molar-refractivity contribution is 9.10. The highest BCUT2D eigenvalue weighted by Crippen LogP contribution is 2.23. The fraction of sp³-hybridized carbons (Fsp3) is 0.529. The third-order valence-corrected chi connectivity index (χ3v) is 4.51. The van der Waals surface area contributed by atoms with Crippen LogP contribution in [0.5, 0.6) is 0 Å². The number of amides is 2. The van der Waals surface area contributed by atoms with Gasteiger partial charge >= 0.3 is 0 Å². The summed E-state index contributed by atoms with van der Waals surface area (Å²) >= 11 is 3.42. The van der Waals surface area contributed by atoms with Crippen molar-refractivity contribution >= 4 is 33.4 Å². The van der Waals surface area contributed by atoms with Gasteiger partial charge in [0.05, 0.1) is 0 Å². The average Bonchev–Trinajstić information content (AvgIpc) is 2.46. The van der Waals surface area contributed by atoms with Crippen LogP contribution < -0.4 is 10.6 Å². The number of rotatable bonds is 7. The van der Waals surface area contributed by atoms with Crippen LogP contribution in [0.3, 0.4) is 0 Å². The summed E-state index contributed by atoms with van der Waals surface area (Å²) in [5, 5.41) is 5.64. The first kappa shape index (κ1) is 19.6. The molecule has 6 heteroatoms. The first-order valence-corrected chi connectivity index (χ1v) is 8.44. The molecule has 0 bridgehead atoms. The SMILES string of the molecule is Cc1cc(NC(=O)C(C)(C)C(=O)NCCCN(C)C)ccc1Br. The van der Waals surface area contributed by atoms with Crippen LogP contribution in [0.4, 0.5) is 5.69 Å². The summed E-state index contributed by atoms with van der Waals surface area (Å²) in [4.78, 5) is 26.7. The van der Waals surface area contributed by atoms with Crippen molar-refractivity contribution < 1.29 is 9.59 Å². The zero-order chi connectivity index (χ0) is 17.6. The number of anilines is 1. The zero-order valence-corrected chi connectivity index (χ0v) is 16.1. The summed E-state index contributed by atoms with van der Waals surface area (Å²) in [7, 11) is 3.97. The molecule has 0 atom stereocenters. The number of carbonyl (C=O) groups excluding carboxylic acids is 2. The number of halogens is 1. The van der Waals surface area contributed by atoms with Gasteiger partial charge in [0.25, 0.3) is 0 Å². The van der Waals surface area contributed by atoms with Crippen LogP contribution in [0, 0.1) is 12.3 Å². The minimum atomic E-state index is -1.13. The van der Waals surface area contributed by atoms with Gasteiger partial charge in [0.15, 0.2) is 0 Å². The molecule has 0 fully saturated rings. The van der Waals surface area contributed by atoms with Gasteiger partial charge in [-0.1, -0.05) is 15.9 Å². The van der Waals surface area contributed by atoms with Crippen molar-refractivity contribution in [2.45, 2.75) is 27.2 Å². The van der Waals surface area contributed by atoms with Gasteiger partial charge in [-0.25, -0.2) is 0 Å². The lowest BCUT2D eigenvalue weighted by molar-refractivity contribution is -0.138. The van der Waals surface area contributed by atoms with Crippen LogP contribution in [0.25, 0.3) is 0 Å². The van der Waals surface area contributed by atoms with E-state index in [1.807, 2.05) is 33.2 Å². The van der Waals surface area contributed by atoms with Crippen molar-refractivity contribution in [3.8, 4) is 0 Å². The molecule has 0 radical (unpaired) electrons. The van der Waals surface area contributed by atoms with E-state index in [9.17, 15) is 9.59 Å². The molecule has 23 heavy (non-hydrogen) atoms. The number of hydrogen-bond acceptors (Lipinski definition) is 3. The van der Waals surface area contributed by atoms with Crippen LogP contribution in [0.1, 0.15) is 25.8 Å². The Kier molecular flexibility index (Phi) is 7.22. The molecule has 128 valence electrons. The van der Waals surface area contributed by atoms with Crippen molar-refractivity contribution in [3.63, 3.8) is 0 Å². The topological polar surface area (TPSA) is 61.4 Å². The van der Waals surface area contributed by atoms with Gasteiger partial charge in [-0.2, -0.15) is 0 Å². The predicted octanol–water partition coefficient (Wildman–Crippen LogP) is 2.79. The second kappa shape index (κ2) is 8.45. The van der Waals surface area contributed by atoms with Gasteiger partial charge in [0.2, 0.25) is 11.8 Å². The average molecular weight is 384 g/mol. The normalized spacial score (nSPS) is 11.4. The summed E-state index contributed by atoms with van der Waals surface area (Å²) in [6.07, 6.45) is 0.850. The number of nitrogens with zero attached hydrogens (tertiary/aromatic N) is 1. The Morgan fingerprint density at radius 3 is 2.43 bits per heavy atom. The van der Waals surface area contributed by atoms with Gasteiger partial charge < -0.3 is 15.5 Å². The van der Waals surface area contributed by atoms with E-state index >= 15 is 0 Å². The molecule has 1 aromatic carbocycles. The Balaban J connectivity index is 2.61. The molecular weight excluding hydrogens is 358 g/mol. The molecule has 0 saturated carbocycles. The lowest BCUT2D eigenvalue weighted by Gasteiger charge is -2.23. The van der Waals surface area contributed by atoms with Crippen molar-refractivity contribution in [1.82, 2.24) is 10.2 Å². The molecule has 1 aromatic rings. The largest absolute Gasteiger partial charge is 0.355 e. The maximum Gasteiger partial charge on any atom is 0.239 e. The number of nitrogens with one attached hydrogen (secondary N) is 2. The predicted molar refractivity (Wildman–Crippen MR) is 97.5 cm³/mol. The summed E-state index contributed by atoms with van der Waals surface area (Å²) in [5.74, 6) is -0.577. The Morgan fingerprint density at radius 1 is 1.22 bits per heavy atom. The van der Waals surface area contributed by atoms with E-state index in [4.69, 9.17) is 0 Å². The number of aryl methyl sites for hydroxylation is 1. The van der Waals surface area contributed by atoms with E-state index in [-0.39, 0.29) is 11.8 Å². The Hall–Kier alpha value is -1.40. The third-order valence-electron chi connectivity index (χ3n) is 3.62. The monoisotopic (exact) mass is 383 g/mol. The minimum absolute atomic E-state index is 0.261. The maximum atomic E-state index is 12.4. The molecule has 5 nitrogen and oxygen atoms in total. The molecule has 0 spiro atoms. The molecule has 2 amide bonds. The molecule has 0 heterocycles. The lowest BCUT2D eigenvalue weighted by Crippen LogP contribution is -2.45. The van der Waals surface area contributed by atoms with Crippen LogP contribution in [-0.4, -0.2) is 43.9 Å². The van der Waals surface area contributed by atoms with E-state index in [2.05, 4.69) is 31.5 Å². The first-order valence-electron chi connectivity index (χ1n) is 7.65. The van der Waals surface area contributed by atoms with Gasteiger partial charge in [0.1, 0.15) is 5.41 Å². The second-order valence-electron chi connectivity index (χ2n) is 6.46. The highest BCUT2D eigenvalue weighted by atomic mass is 79.9. The fourth-order valence-corrected chi connectivity index (χ4v) is 2.18. The van der Waals surface area contributed by atoms with Crippen molar-refractivity contribution in [3.05, 3.63) is 28.2 Å². The van der Waals surface area contributed by atoms with Crippen LogP contribution >= 0.6 is 15.9 Å². The molecule has 0 aromatic heterocycles. The standard InChI is InChI=1S/C17H26BrN3O2/c1-12-11-13(7-8-14(12)18)20-16(23)17(2,3)15(22)19-9-6-10-21(4)5/h7-8,11H,6,9-10H2,1-5H3,(H,19,22)(H,20,23). The molecule has 2 N–H and O–H groups in total. The lowest BCUT2D eigenvalue weighted by atomic mass is 9.91. The Morgan fingerprint density at radius 2 is 1.87 bits per heavy atom. The molecule has 0 saturated heterocycles. The molecule has 0 aliphatic carbocycles. The number of benzene rings is 1. The van der Waals surface area contributed by atoms with Gasteiger partial charge in [-0.3, -0.25) is 9.59 Å². The third kappa shape index (κ3) is 5.95. The summed E-state index contributed by atoms with van der Waals surface area (Å²) < 4.78 is 0.980. The van der Waals surface area contributed by atoms with Crippen molar-refractivity contribution in [1.29, 1.82) is 0 Å². The molecular formula is C17H26BrN3O2. The Labute approximate surface area is 146 Å². The second-order valence-corrected chi connectivity index (χ2v) is 7.31. The van der Waals surface area contributed by atoms with E-state index in [1.165, 1.54) is 0 Å². The molecule has 0 unspecified atom stereocenters. The van der Waals surface area contributed by atoms with E-state index < -0.39 is 5.41 Å². The highest BCUT2D eigenvalue weighted by Gasteiger charge is 2.35. The van der Waals surface area contributed by atoms with E-state index in [0.717, 1.165) is 23.0 Å². The number of carbonyl (C=O) groups is 2.